The summed E-state index contributed by atoms with van der Waals surface area (Å²) in [5.74, 6) is 0.0810. The molecular formula is C17H18ClNO3S. The molecular weight excluding hydrogens is 334 g/mol. The highest BCUT2D eigenvalue weighted by Gasteiger charge is 2.25. The zero-order valence-electron chi connectivity index (χ0n) is 12.6. The Morgan fingerprint density at radius 2 is 1.57 bits per heavy atom. The van der Waals surface area contributed by atoms with E-state index in [0.717, 1.165) is 30.4 Å². The lowest BCUT2D eigenvalue weighted by Gasteiger charge is -2.25. The second-order valence-electron chi connectivity index (χ2n) is 5.69. The predicted octanol–water partition coefficient (Wildman–Crippen LogP) is 3.89. The number of benzene rings is 2. The van der Waals surface area contributed by atoms with Crippen molar-refractivity contribution < 1.29 is 13.5 Å². The van der Waals surface area contributed by atoms with Crippen LogP contribution in [0.2, 0.25) is 5.02 Å². The van der Waals surface area contributed by atoms with Gasteiger partial charge in [-0.2, -0.15) is 4.31 Å². The number of sulfonamides is 1. The van der Waals surface area contributed by atoms with Gasteiger partial charge in [-0.3, -0.25) is 0 Å². The van der Waals surface area contributed by atoms with E-state index in [0.29, 0.717) is 23.0 Å². The molecule has 0 spiro atoms. The van der Waals surface area contributed by atoms with E-state index in [9.17, 15) is 13.5 Å². The molecule has 1 heterocycles. The Hall–Kier alpha value is -1.56. The van der Waals surface area contributed by atoms with Gasteiger partial charge in [0.1, 0.15) is 5.75 Å². The fraction of sp³-hybridized carbons (Fsp3) is 0.294. The minimum atomic E-state index is -3.42. The number of aromatic hydroxyl groups is 1. The third kappa shape index (κ3) is 3.52. The van der Waals surface area contributed by atoms with Crippen molar-refractivity contribution >= 4 is 21.6 Å². The maximum Gasteiger partial charge on any atom is 0.243 e. The van der Waals surface area contributed by atoms with Crippen LogP contribution in [0.15, 0.2) is 47.4 Å². The fourth-order valence-corrected chi connectivity index (χ4v) is 4.56. The third-order valence-corrected chi connectivity index (χ3v) is 6.15. The first-order valence-corrected chi connectivity index (χ1v) is 9.39. The van der Waals surface area contributed by atoms with Crippen molar-refractivity contribution in [3.8, 4) is 16.9 Å². The summed E-state index contributed by atoms with van der Waals surface area (Å²) in [6.45, 7) is 1.18. The van der Waals surface area contributed by atoms with E-state index >= 15 is 0 Å². The molecule has 2 aromatic rings. The minimum absolute atomic E-state index is 0.0810. The van der Waals surface area contributed by atoms with Crippen LogP contribution in [-0.4, -0.2) is 30.9 Å². The standard InChI is InChI=1S/C17H18ClNO3S/c18-15-10-14(11-16(20)12-15)13-4-6-17(7-5-13)23(21,22)19-8-2-1-3-9-19/h4-7,10-12,20H,1-3,8-9H2. The predicted molar refractivity (Wildman–Crippen MR) is 91.2 cm³/mol. The topological polar surface area (TPSA) is 57.6 Å². The number of halogens is 1. The normalized spacial score (nSPS) is 16.4. The summed E-state index contributed by atoms with van der Waals surface area (Å²) in [5, 5.41) is 10.1. The molecule has 6 heteroatoms. The van der Waals surface area contributed by atoms with Gasteiger partial charge in [0.15, 0.2) is 0 Å². The molecule has 1 aliphatic heterocycles. The maximum absolute atomic E-state index is 12.6. The van der Waals surface area contributed by atoms with E-state index < -0.39 is 10.0 Å². The van der Waals surface area contributed by atoms with Crippen LogP contribution in [0.4, 0.5) is 0 Å². The molecule has 0 atom stereocenters. The van der Waals surface area contributed by atoms with E-state index in [4.69, 9.17) is 11.6 Å². The minimum Gasteiger partial charge on any atom is -0.508 e. The van der Waals surface area contributed by atoms with Crippen molar-refractivity contribution in [3.63, 3.8) is 0 Å². The number of phenolic OH excluding ortho intramolecular Hbond substituents is 1. The second kappa shape index (κ2) is 6.51. The molecule has 3 rings (SSSR count). The summed E-state index contributed by atoms with van der Waals surface area (Å²) < 4.78 is 26.8. The first-order valence-electron chi connectivity index (χ1n) is 7.57. The van der Waals surface area contributed by atoms with Crippen LogP contribution in [-0.2, 0) is 10.0 Å². The molecule has 0 unspecified atom stereocenters. The highest BCUT2D eigenvalue weighted by Crippen LogP contribution is 2.29. The number of rotatable bonds is 3. The Morgan fingerprint density at radius 1 is 0.913 bits per heavy atom. The first-order chi connectivity index (χ1) is 11.0. The highest BCUT2D eigenvalue weighted by molar-refractivity contribution is 7.89. The molecule has 2 aromatic carbocycles. The average molecular weight is 352 g/mol. The molecule has 0 radical (unpaired) electrons. The summed E-state index contributed by atoms with van der Waals surface area (Å²) in [5.41, 5.74) is 1.55. The summed E-state index contributed by atoms with van der Waals surface area (Å²) in [6, 6.07) is 11.5. The second-order valence-corrected chi connectivity index (χ2v) is 8.06. The van der Waals surface area contributed by atoms with Crippen LogP contribution in [0, 0.1) is 0 Å². The van der Waals surface area contributed by atoms with Crippen molar-refractivity contribution in [2.45, 2.75) is 24.2 Å². The van der Waals surface area contributed by atoms with E-state index in [1.807, 2.05) is 0 Å². The third-order valence-electron chi connectivity index (χ3n) is 4.02. The molecule has 1 fully saturated rings. The Morgan fingerprint density at radius 3 is 2.17 bits per heavy atom. The number of hydrogen-bond donors (Lipinski definition) is 1. The van der Waals surface area contributed by atoms with Crippen molar-refractivity contribution in [3.05, 3.63) is 47.5 Å². The number of phenols is 1. The lowest BCUT2D eigenvalue weighted by Crippen LogP contribution is -2.35. The highest BCUT2D eigenvalue weighted by atomic mass is 35.5. The van der Waals surface area contributed by atoms with Gasteiger partial charge in [0, 0.05) is 18.1 Å². The Bertz CT molecular complexity index is 777. The van der Waals surface area contributed by atoms with E-state index in [-0.39, 0.29) is 5.75 Å². The van der Waals surface area contributed by atoms with Crippen LogP contribution in [0.25, 0.3) is 11.1 Å². The molecule has 0 aromatic heterocycles. The number of piperidine rings is 1. The lowest BCUT2D eigenvalue weighted by atomic mass is 10.1. The van der Waals surface area contributed by atoms with Crippen LogP contribution in [0.5, 0.6) is 5.75 Å². The monoisotopic (exact) mass is 351 g/mol. The van der Waals surface area contributed by atoms with Crippen molar-refractivity contribution in [2.75, 3.05) is 13.1 Å². The molecule has 0 amide bonds. The molecule has 23 heavy (non-hydrogen) atoms. The van der Waals surface area contributed by atoms with E-state index in [1.54, 1.807) is 40.7 Å². The van der Waals surface area contributed by atoms with Crippen molar-refractivity contribution in [1.29, 1.82) is 0 Å². The average Bonchev–Trinajstić information content (AvgIpc) is 2.55. The Balaban J connectivity index is 1.89. The van der Waals surface area contributed by atoms with Gasteiger partial charge in [-0.05, 0) is 54.3 Å². The molecule has 4 nitrogen and oxygen atoms in total. The summed E-state index contributed by atoms with van der Waals surface area (Å²) in [4.78, 5) is 0.300. The molecule has 0 bridgehead atoms. The lowest BCUT2D eigenvalue weighted by molar-refractivity contribution is 0.346. The van der Waals surface area contributed by atoms with Gasteiger partial charge in [-0.25, -0.2) is 8.42 Å². The molecule has 1 N–H and O–H groups in total. The SMILES string of the molecule is O=S(=O)(c1ccc(-c2cc(O)cc(Cl)c2)cc1)N1CCCCC1. The molecule has 0 saturated carbocycles. The molecule has 122 valence electrons. The van der Waals surface area contributed by atoms with Gasteiger partial charge in [-0.1, -0.05) is 30.2 Å². The maximum atomic E-state index is 12.6. The molecule has 1 saturated heterocycles. The fourth-order valence-electron chi connectivity index (χ4n) is 2.81. The van der Waals surface area contributed by atoms with Crippen LogP contribution >= 0.6 is 11.6 Å². The van der Waals surface area contributed by atoms with Gasteiger partial charge in [-0.15, -0.1) is 0 Å². The summed E-state index contributed by atoms with van der Waals surface area (Å²) in [7, 11) is -3.42. The smallest absolute Gasteiger partial charge is 0.243 e. The van der Waals surface area contributed by atoms with E-state index in [1.165, 1.54) is 6.07 Å². The van der Waals surface area contributed by atoms with Gasteiger partial charge in [0.2, 0.25) is 10.0 Å². The van der Waals surface area contributed by atoms with Gasteiger partial charge >= 0.3 is 0 Å². The van der Waals surface area contributed by atoms with Crippen molar-refractivity contribution in [2.24, 2.45) is 0 Å². The van der Waals surface area contributed by atoms with Gasteiger partial charge in [0.05, 0.1) is 4.90 Å². The zero-order valence-corrected chi connectivity index (χ0v) is 14.1. The zero-order chi connectivity index (χ0) is 16.4. The summed E-state index contributed by atoms with van der Waals surface area (Å²) >= 11 is 5.94. The number of nitrogens with zero attached hydrogens (tertiary/aromatic N) is 1. The van der Waals surface area contributed by atoms with Crippen LogP contribution in [0.1, 0.15) is 19.3 Å². The first kappa shape index (κ1) is 16.3. The van der Waals surface area contributed by atoms with Gasteiger partial charge in [0.25, 0.3) is 0 Å². The van der Waals surface area contributed by atoms with E-state index in [2.05, 4.69) is 0 Å². The largest absolute Gasteiger partial charge is 0.508 e. The number of hydrogen-bond acceptors (Lipinski definition) is 3. The van der Waals surface area contributed by atoms with Crippen molar-refractivity contribution in [1.82, 2.24) is 4.31 Å². The Kier molecular flexibility index (Phi) is 4.62. The van der Waals surface area contributed by atoms with Crippen LogP contribution < -0.4 is 0 Å². The van der Waals surface area contributed by atoms with Gasteiger partial charge < -0.3 is 5.11 Å². The molecule has 0 aliphatic carbocycles. The quantitative estimate of drug-likeness (QED) is 0.912. The summed E-state index contributed by atoms with van der Waals surface area (Å²) in [6.07, 6.45) is 2.92. The molecule has 1 aliphatic rings. The Labute approximate surface area is 141 Å². The van der Waals surface area contributed by atoms with Crippen LogP contribution in [0.3, 0.4) is 0 Å².